The number of hydrogen-bond donors (Lipinski definition) is 1. The van der Waals surface area contributed by atoms with Gasteiger partial charge in [0.2, 0.25) is 0 Å². The van der Waals surface area contributed by atoms with Gasteiger partial charge in [0.05, 0.1) is 5.56 Å². The molecule has 124 valence electrons. The predicted octanol–water partition coefficient (Wildman–Crippen LogP) is 3.60. The van der Waals surface area contributed by atoms with E-state index in [1.807, 2.05) is 19.9 Å². The van der Waals surface area contributed by atoms with Crippen LogP contribution in [-0.2, 0) is 13.0 Å². The molecular formula is C19H25NO3. The SMILES string of the molecule is CCc1c(C)c2ccc(O)c(CN3CCCC(C)C3)c2oc1=O. The molecule has 0 bridgehead atoms. The van der Waals surface area contributed by atoms with Gasteiger partial charge in [-0.15, -0.1) is 0 Å². The normalized spacial score (nSPS) is 19.3. The van der Waals surface area contributed by atoms with E-state index in [-0.39, 0.29) is 11.4 Å². The van der Waals surface area contributed by atoms with Gasteiger partial charge in [0.15, 0.2) is 0 Å². The molecule has 4 nitrogen and oxygen atoms in total. The summed E-state index contributed by atoms with van der Waals surface area (Å²) in [6, 6.07) is 3.57. The molecule has 0 aliphatic carbocycles. The minimum atomic E-state index is -0.281. The van der Waals surface area contributed by atoms with Crippen molar-refractivity contribution in [3.05, 3.63) is 39.2 Å². The molecular weight excluding hydrogens is 290 g/mol. The van der Waals surface area contributed by atoms with Gasteiger partial charge >= 0.3 is 5.63 Å². The molecule has 1 N–H and O–H groups in total. The maximum atomic E-state index is 12.2. The zero-order valence-corrected chi connectivity index (χ0v) is 14.2. The summed E-state index contributed by atoms with van der Waals surface area (Å²) in [4.78, 5) is 14.6. The fourth-order valence-corrected chi connectivity index (χ4v) is 3.72. The van der Waals surface area contributed by atoms with Crippen LogP contribution in [0.1, 0.15) is 43.4 Å². The molecule has 1 aromatic carbocycles. The molecule has 1 saturated heterocycles. The Morgan fingerprint density at radius 2 is 2.13 bits per heavy atom. The number of fused-ring (bicyclic) bond motifs is 1. The van der Waals surface area contributed by atoms with Crippen molar-refractivity contribution in [2.24, 2.45) is 5.92 Å². The molecule has 2 heterocycles. The molecule has 2 aromatic rings. The minimum absolute atomic E-state index is 0.211. The van der Waals surface area contributed by atoms with Crippen molar-refractivity contribution < 1.29 is 9.52 Å². The fraction of sp³-hybridized carbons (Fsp3) is 0.526. The third-order valence-corrected chi connectivity index (χ3v) is 5.01. The van der Waals surface area contributed by atoms with E-state index in [1.54, 1.807) is 6.07 Å². The van der Waals surface area contributed by atoms with Crippen molar-refractivity contribution in [2.45, 2.75) is 46.6 Å². The van der Waals surface area contributed by atoms with Gasteiger partial charge in [-0.05, 0) is 56.3 Å². The second-order valence-electron chi connectivity index (χ2n) is 6.77. The highest BCUT2D eigenvalue weighted by molar-refractivity contribution is 5.85. The predicted molar refractivity (Wildman–Crippen MR) is 91.9 cm³/mol. The summed E-state index contributed by atoms with van der Waals surface area (Å²) in [5.41, 5.74) is 2.69. The Morgan fingerprint density at radius 1 is 1.35 bits per heavy atom. The zero-order valence-electron chi connectivity index (χ0n) is 14.2. The average molecular weight is 315 g/mol. The summed E-state index contributed by atoms with van der Waals surface area (Å²) in [5, 5.41) is 11.3. The Kier molecular flexibility index (Phi) is 4.44. The van der Waals surface area contributed by atoms with Crippen LogP contribution in [0.15, 0.2) is 21.3 Å². The molecule has 1 aliphatic heterocycles. The van der Waals surface area contributed by atoms with E-state index in [0.29, 0.717) is 24.5 Å². The Bertz CT molecular complexity index is 778. The number of likely N-dealkylation sites (tertiary alicyclic amines) is 1. The number of aromatic hydroxyl groups is 1. The maximum absolute atomic E-state index is 12.2. The van der Waals surface area contributed by atoms with Crippen LogP contribution in [0.3, 0.4) is 0 Å². The fourth-order valence-electron chi connectivity index (χ4n) is 3.72. The summed E-state index contributed by atoms with van der Waals surface area (Å²) in [6.45, 7) is 8.85. The Morgan fingerprint density at radius 3 is 2.83 bits per heavy atom. The quantitative estimate of drug-likeness (QED) is 0.879. The van der Waals surface area contributed by atoms with Crippen LogP contribution in [0.4, 0.5) is 0 Å². The zero-order chi connectivity index (χ0) is 16.6. The molecule has 0 spiro atoms. The lowest BCUT2D eigenvalue weighted by atomic mass is 9.98. The lowest BCUT2D eigenvalue weighted by molar-refractivity contribution is 0.175. The highest BCUT2D eigenvalue weighted by atomic mass is 16.4. The van der Waals surface area contributed by atoms with Crippen LogP contribution in [0.5, 0.6) is 5.75 Å². The molecule has 23 heavy (non-hydrogen) atoms. The third kappa shape index (κ3) is 3.00. The molecule has 1 unspecified atom stereocenters. The average Bonchev–Trinajstić information content (AvgIpc) is 2.51. The Hall–Kier alpha value is -1.81. The molecule has 4 heteroatoms. The first-order valence-electron chi connectivity index (χ1n) is 8.50. The summed E-state index contributed by atoms with van der Waals surface area (Å²) in [6.07, 6.45) is 3.09. The second kappa shape index (κ2) is 6.36. The summed E-state index contributed by atoms with van der Waals surface area (Å²) in [7, 11) is 0. The first kappa shape index (κ1) is 16.1. The van der Waals surface area contributed by atoms with Gasteiger partial charge in [-0.1, -0.05) is 13.8 Å². The first-order valence-corrected chi connectivity index (χ1v) is 8.50. The standard InChI is InChI=1S/C19H25NO3/c1-4-14-13(3)15-7-8-17(21)16(18(15)23-19(14)22)11-20-9-5-6-12(2)10-20/h7-8,12,21H,4-6,9-11H2,1-3H3. The van der Waals surface area contributed by atoms with Gasteiger partial charge < -0.3 is 9.52 Å². The van der Waals surface area contributed by atoms with E-state index >= 15 is 0 Å². The van der Waals surface area contributed by atoms with E-state index in [2.05, 4.69) is 11.8 Å². The van der Waals surface area contributed by atoms with E-state index in [4.69, 9.17) is 4.42 Å². The Labute approximate surface area is 136 Å². The number of phenols is 1. The largest absolute Gasteiger partial charge is 0.507 e. The van der Waals surface area contributed by atoms with Crippen LogP contribution in [0.25, 0.3) is 11.0 Å². The molecule has 0 saturated carbocycles. The number of rotatable bonds is 3. The van der Waals surface area contributed by atoms with Crippen molar-refractivity contribution in [2.75, 3.05) is 13.1 Å². The minimum Gasteiger partial charge on any atom is -0.507 e. The van der Waals surface area contributed by atoms with Gasteiger partial charge in [0.25, 0.3) is 0 Å². The highest BCUT2D eigenvalue weighted by Gasteiger charge is 2.21. The molecule has 1 aromatic heterocycles. The maximum Gasteiger partial charge on any atom is 0.339 e. The Balaban J connectivity index is 2.09. The summed E-state index contributed by atoms with van der Waals surface area (Å²) < 4.78 is 5.60. The van der Waals surface area contributed by atoms with Crippen molar-refractivity contribution in [1.29, 1.82) is 0 Å². The number of piperidine rings is 1. The third-order valence-electron chi connectivity index (χ3n) is 5.01. The van der Waals surface area contributed by atoms with Crippen LogP contribution >= 0.6 is 0 Å². The monoisotopic (exact) mass is 315 g/mol. The highest BCUT2D eigenvalue weighted by Crippen LogP contribution is 2.31. The lowest BCUT2D eigenvalue weighted by Gasteiger charge is -2.31. The summed E-state index contributed by atoms with van der Waals surface area (Å²) in [5.74, 6) is 0.879. The van der Waals surface area contributed by atoms with E-state index in [9.17, 15) is 9.90 Å². The smallest absolute Gasteiger partial charge is 0.339 e. The van der Waals surface area contributed by atoms with E-state index in [0.717, 1.165) is 35.2 Å². The number of aryl methyl sites for hydroxylation is 1. The number of phenolic OH excluding ortho intramolecular Hbond substituents is 1. The molecule has 1 fully saturated rings. The van der Waals surface area contributed by atoms with Gasteiger partial charge in [-0.2, -0.15) is 0 Å². The van der Waals surface area contributed by atoms with Crippen molar-refractivity contribution >= 4 is 11.0 Å². The molecule has 3 rings (SSSR count). The van der Waals surface area contributed by atoms with E-state index in [1.165, 1.54) is 12.8 Å². The van der Waals surface area contributed by atoms with Crippen molar-refractivity contribution in [1.82, 2.24) is 4.90 Å². The van der Waals surface area contributed by atoms with Gasteiger partial charge in [-0.25, -0.2) is 4.79 Å². The number of nitrogens with zero attached hydrogens (tertiary/aromatic N) is 1. The molecule has 0 amide bonds. The van der Waals surface area contributed by atoms with Crippen molar-refractivity contribution in [3.8, 4) is 5.75 Å². The number of hydrogen-bond acceptors (Lipinski definition) is 4. The number of benzene rings is 1. The van der Waals surface area contributed by atoms with Crippen LogP contribution < -0.4 is 5.63 Å². The van der Waals surface area contributed by atoms with Gasteiger partial charge in [0.1, 0.15) is 11.3 Å². The second-order valence-corrected chi connectivity index (χ2v) is 6.77. The van der Waals surface area contributed by atoms with Crippen LogP contribution in [-0.4, -0.2) is 23.1 Å². The first-order chi connectivity index (χ1) is 11.0. The molecule has 1 aliphatic rings. The van der Waals surface area contributed by atoms with Crippen molar-refractivity contribution in [3.63, 3.8) is 0 Å². The van der Waals surface area contributed by atoms with Gasteiger partial charge in [-0.3, -0.25) is 4.90 Å². The lowest BCUT2D eigenvalue weighted by Crippen LogP contribution is -2.33. The molecule has 1 atom stereocenters. The topological polar surface area (TPSA) is 53.7 Å². The van der Waals surface area contributed by atoms with E-state index < -0.39 is 0 Å². The van der Waals surface area contributed by atoms with Crippen LogP contribution in [0.2, 0.25) is 0 Å². The van der Waals surface area contributed by atoms with Crippen LogP contribution in [0, 0.1) is 12.8 Å². The molecule has 0 radical (unpaired) electrons. The van der Waals surface area contributed by atoms with Gasteiger partial charge in [0, 0.05) is 24.0 Å². The summed E-state index contributed by atoms with van der Waals surface area (Å²) >= 11 is 0.